The minimum atomic E-state index is -1.58. The molecule has 0 aromatic rings. The lowest BCUT2D eigenvalue weighted by Gasteiger charge is -2.40. The number of aliphatic hydroxyl groups is 5. The molecule has 0 aromatic carbocycles. The van der Waals surface area contributed by atoms with Crippen LogP contribution in [0.4, 0.5) is 0 Å². The highest BCUT2D eigenvalue weighted by Gasteiger charge is 2.44. The van der Waals surface area contributed by atoms with Crippen molar-refractivity contribution in [1.82, 2.24) is 5.32 Å². The highest BCUT2D eigenvalue weighted by Crippen LogP contribution is 2.23. The molecule has 83 heavy (non-hydrogen) atoms. The second kappa shape index (κ2) is 60.8. The standard InChI is InChI=1S/C72H129NO10/c1-3-5-7-9-11-13-15-35-40-44-48-52-56-60-68(77)81-61-57-53-49-45-41-37-34-32-30-28-26-24-22-20-18-16-17-19-21-23-25-27-29-31-33-36-39-43-47-51-55-59-67(76)73-64(63-82-72-71(80)70(79)69(78)66(62-74)83-72)65(75)58-54-50-46-42-38-14-12-10-8-6-4-2/h7,9,13,15,18,20,24,26,38,42,54,58,64-66,69-72,74-75,78-80H,3-6,8,10-12,14,16-17,19,21-23,25,27-37,39-41,43-53,55-57,59-63H2,1-2H3,(H,73,76)/b9-7-,15-13-,20-18-,26-24-,42-38+,58-54+. The second-order valence-electron chi connectivity index (χ2n) is 23.9. The predicted molar refractivity (Wildman–Crippen MR) is 347 cm³/mol. The lowest BCUT2D eigenvalue weighted by Crippen LogP contribution is -2.60. The Morgan fingerprint density at radius 3 is 1.31 bits per heavy atom. The SMILES string of the molecule is CCC/C=C\C/C=C\CCCCCCCC(=O)OCCCCCCCCCCC/C=C\C/C=C\CCCCCCCCCCCCCCCCCC(=O)NC(COC1OC(CO)C(O)C(O)C1O)C(O)/C=C/CC/C=C/CCCCCCC. The molecule has 11 heteroatoms. The van der Waals surface area contributed by atoms with Gasteiger partial charge in [-0.25, -0.2) is 0 Å². The van der Waals surface area contributed by atoms with Gasteiger partial charge in [0.05, 0.1) is 32.0 Å². The molecule has 0 spiro atoms. The molecule has 0 bridgehead atoms. The van der Waals surface area contributed by atoms with E-state index in [9.17, 15) is 35.1 Å². The average Bonchev–Trinajstić information content (AvgIpc) is 3.67. The third-order valence-corrected chi connectivity index (χ3v) is 16.0. The molecule has 1 heterocycles. The van der Waals surface area contributed by atoms with E-state index in [-0.39, 0.29) is 18.5 Å². The Morgan fingerprint density at radius 2 is 0.843 bits per heavy atom. The Morgan fingerprint density at radius 1 is 0.446 bits per heavy atom. The average molecular weight is 1170 g/mol. The minimum Gasteiger partial charge on any atom is -0.466 e. The molecule has 11 nitrogen and oxygen atoms in total. The Hall–Kier alpha value is -2.90. The summed E-state index contributed by atoms with van der Waals surface area (Å²) in [4.78, 5) is 25.1. The molecule has 0 aromatic heterocycles. The van der Waals surface area contributed by atoms with Crippen molar-refractivity contribution in [2.45, 2.75) is 352 Å². The summed E-state index contributed by atoms with van der Waals surface area (Å²) in [5, 5.41) is 54.4. The summed E-state index contributed by atoms with van der Waals surface area (Å²) in [6.07, 6.45) is 71.8. The molecule has 1 amide bonds. The first kappa shape index (κ1) is 78.1. The van der Waals surface area contributed by atoms with Crippen molar-refractivity contribution in [1.29, 1.82) is 0 Å². The molecule has 1 rings (SSSR count). The zero-order valence-corrected chi connectivity index (χ0v) is 53.4. The summed E-state index contributed by atoms with van der Waals surface area (Å²) in [5.74, 6) is -0.204. The van der Waals surface area contributed by atoms with Crippen LogP contribution in [-0.4, -0.2) is 100 Å². The Balaban J connectivity index is 1.97. The second-order valence-corrected chi connectivity index (χ2v) is 23.9. The first-order valence-electron chi connectivity index (χ1n) is 34.7. The minimum absolute atomic E-state index is 0.0110. The third-order valence-electron chi connectivity index (χ3n) is 16.0. The van der Waals surface area contributed by atoms with Gasteiger partial charge >= 0.3 is 5.97 Å². The summed E-state index contributed by atoms with van der Waals surface area (Å²) < 4.78 is 16.7. The Kier molecular flexibility index (Phi) is 57.2. The lowest BCUT2D eigenvalue weighted by molar-refractivity contribution is -0.302. The van der Waals surface area contributed by atoms with Crippen molar-refractivity contribution in [3.8, 4) is 0 Å². The summed E-state index contributed by atoms with van der Waals surface area (Å²) >= 11 is 0. The van der Waals surface area contributed by atoms with Crippen LogP contribution in [-0.2, 0) is 23.8 Å². The summed E-state index contributed by atoms with van der Waals surface area (Å²) in [6, 6.07) is -0.828. The van der Waals surface area contributed by atoms with E-state index in [0.29, 0.717) is 19.4 Å². The number of hydrogen-bond acceptors (Lipinski definition) is 10. The van der Waals surface area contributed by atoms with Gasteiger partial charge in [-0.15, -0.1) is 0 Å². The first-order valence-corrected chi connectivity index (χ1v) is 34.7. The van der Waals surface area contributed by atoms with Crippen LogP contribution in [0.3, 0.4) is 0 Å². The van der Waals surface area contributed by atoms with Gasteiger partial charge in [0.15, 0.2) is 6.29 Å². The lowest BCUT2D eigenvalue weighted by atomic mass is 9.99. The molecule has 7 unspecified atom stereocenters. The number of aliphatic hydroxyl groups excluding tert-OH is 5. The zero-order valence-electron chi connectivity index (χ0n) is 53.4. The van der Waals surface area contributed by atoms with E-state index < -0.39 is 49.5 Å². The fraction of sp³-hybridized carbons (Fsp3) is 0.806. The van der Waals surface area contributed by atoms with E-state index in [0.717, 1.165) is 70.6 Å². The van der Waals surface area contributed by atoms with Crippen LogP contribution >= 0.6 is 0 Å². The quantitative estimate of drug-likeness (QED) is 0.0195. The van der Waals surface area contributed by atoms with Crippen LogP contribution in [0, 0.1) is 0 Å². The first-order chi connectivity index (χ1) is 40.7. The highest BCUT2D eigenvalue weighted by atomic mass is 16.7. The number of hydrogen-bond donors (Lipinski definition) is 6. The topological polar surface area (TPSA) is 175 Å². The normalized spacial score (nSPS) is 18.6. The maximum Gasteiger partial charge on any atom is 0.305 e. The number of carbonyl (C=O) groups is 2. The summed E-state index contributed by atoms with van der Waals surface area (Å²) in [5.41, 5.74) is 0. The molecule has 6 N–H and O–H groups in total. The summed E-state index contributed by atoms with van der Waals surface area (Å²) in [7, 11) is 0. The van der Waals surface area contributed by atoms with Crippen molar-refractivity contribution in [2.24, 2.45) is 0 Å². The monoisotopic (exact) mass is 1170 g/mol. The highest BCUT2D eigenvalue weighted by molar-refractivity contribution is 5.76. The number of ether oxygens (including phenoxy) is 3. The van der Waals surface area contributed by atoms with E-state index >= 15 is 0 Å². The van der Waals surface area contributed by atoms with Gasteiger partial charge in [-0.2, -0.15) is 0 Å². The van der Waals surface area contributed by atoms with Gasteiger partial charge in [0, 0.05) is 12.8 Å². The number of amides is 1. The van der Waals surface area contributed by atoms with Gasteiger partial charge in [0.1, 0.15) is 24.4 Å². The van der Waals surface area contributed by atoms with Crippen LogP contribution in [0.1, 0.15) is 309 Å². The van der Waals surface area contributed by atoms with Crippen LogP contribution in [0.2, 0.25) is 0 Å². The number of esters is 1. The van der Waals surface area contributed by atoms with Crippen molar-refractivity contribution in [2.75, 3.05) is 19.8 Å². The molecular formula is C72H129NO10. The molecule has 1 fully saturated rings. The number of carbonyl (C=O) groups excluding carboxylic acids is 2. The van der Waals surface area contributed by atoms with Crippen LogP contribution in [0.15, 0.2) is 72.9 Å². The van der Waals surface area contributed by atoms with Crippen molar-refractivity contribution in [3.05, 3.63) is 72.9 Å². The fourth-order valence-corrected chi connectivity index (χ4v) is 10.5. The molecule has 482 valence electrons. The Bertz CT molecular complexity index is 1610. The molecule has 1 aliphatic heterocycles. The molecule has 0 radical (unpaired) electrons. The van der Waals surface area contributed by atoms with E-state index in [2.05, 4.69) is 79.9 Å². The van der Waals surface area contributed by atoms with Crippen molar-refractivity contribution >= 4 is 11.9 Å². The zero-order chi connectivity index (χ0) is 60.2. The van der Waals surface area contributed by atoms with Crippen molar-refractivity contribution in [3.63, 3.8) is 0 Å². The van der Waals surface area contributed by atoms with Crippen LogP contribution < -0.4 is 5.32 Å². The third kappa shape index (κ3) is 49.9. The van der Waals surface area contributed by atoms with Gasteiger partial charge in [-0.3, -0.25) is 9.59 Å². The molecule has 0 aliphatic carbocycles. The summed E-state index contributed by atoms with van der Waals surface area (Å²) in [6.45, 7) is 4.24. The fourth-order valence-electron chi connectivity index (χ4n) is 10.5. The van der Waals surface area contributed by atoms with Crippen LogP contribution in [0.5, 0.6) is 0 Å². The Labute approximate surface area is 509 Å². The van der Waals surface area contributed by atoms with Crippen molar-refractivity contribution < 1.29 is 49.3 Å². The van der Waals surface area contributed by atoms with Crippen LogP contribution in [0.25, 0.3) is 0 Å². The van der Waals surface area contributed by atoms with E-state index in [1.165, 1.54) is 212 Å². The molecule has 7 atom stereocenters. The molecular weight excluding hydrogens is 1040 g/mol. The molecule has 0 saturated carbocycles. The number of unbranched alkanes of at least 4 members (excludes halogenated alkanes) is 36. The van der Waals surface area contributed by atoms with Gasteiger partial charge in [-0.1, -0.05) is 267 Å². The van der Waals surface area contributed by atoms with E-state index in [4.69, 9.17) is 14.2 Å². The van der Waals surface area contributed by atoms with Gasteiger partial charge in [0.25, 0.3) is 0 Å². The predicted octanol–water partition coefficient (Wildman–Crippen LogP) is 17.5. The maximum absolute atomic E-state index is 13.0. The smallest absolute Gasteiger partial charge is 0.305 e. The molecule has 1 saturated heterocycles. The molecule has 1 aliphatic rings. The van der Waals surface area contributed by atoms with E-state index in [1.807, 2.05) is 6.08 Å². The largest absolute Gasteiger partial charge is 0.466 e. The van der Waals surface area contributed by atoms with E-state index in [1.54, 1.807) is 6.08 Å². The van der Waals surface area contributed by atoms with Gasteiger partial charge < -0.3 is 45.1 Å². The van der Waals surface area contributed by atoms with Gasteiger partial charge in [0.2, 0.25) is 5.91 Å². The number of rotatable bonds is 60. The number of allylic oxidation sites excluding steroid dienone is 11. The van der Waals surface area contributed by atoms with Gasteiger partial charge in [-0.05, 0) is 103 Å². The number of nitrogens with one attached hydrogen (secondary N) is 1. The maximum atomic E-state index is 13.0.